The zero-order valence-electron chi connectivity index (χ0n) is 14.7. The van der Waals surface area contributed by atoms with Crippen molar-refractivity contribution in [2.24, 2.45) is 0 Å². The average molecular weight is 349 g/mol. The first-order chi connectivity index (χ1) is 12.8. The molecule has 0 unspecified atom stereocenters. The van der Waals surface area contributed by atoms with Crippen LogP contribution in [0.4, 0.5) is 0 Å². The number of nitrogens with zero attached hydrogens (tertiary/aromatic N) is 4. The van der Waals surface area contributed by atoms with E-state index in [2.05, 4.69) is 21.6 Å². The summed E-state index contributed by atoms with van der Waals surface area (Å²) in [6.07, 6.45) is 10.4. The van der Waals surface area contributed by atoms with Gasteiger partial charge < -0.3 is 5.32 Å². The van der Waals surface area contributed by atoms with Crippen molar-refractivity contribution < 1.29 is 4.79 Å². The zero-order chi connectivity index (χ0) is 17.8. The van der Waals surface area contributed by atoms with Gasteiger partial charge in [0.05, 0.1) is 12.6 Å². The third kappa shape index (κ3) is 3.69. The summed E-state index contributed by atoms with van der Waals surface area (Å²) < 4.78 is 3.83. The lowest BCUT2D eigenvalue weighted by atomic mass is 10.1. The van der Waals surface area contributed by atoms with E-state index in [-0.39, 0.29) is 5.91 Å². The molecule has 1 aromatic carbocycles. The topological polar surface area (TPSA) is 64.7 Å². The number of hydrogen-bond acceptors (Lipinski definition) is 3. The van der Waals surface area contributed by atoms with Gasteiger partial charge in [-0.15, -0.1) is 0 Å². The molecule has 1 amide bonds. The van der Waals surface area contributed by atoms with E-state index in [1.165, 1.54) is 12.8 Å². The van der Waals surface area contributed by atoms with Crippen LogP contribution in [0.1, 0.15) is 53.3 Å². The van der Waals surface area contributed by atoms with Gasteiger partial charge in [0.15, 0.2) is 0 Å². The maximum absolute atomic E-state index is 12.5. The van der Waals surface area contributed by atoms with E-state index in [0.717, 1.165) is 24.0 Å². The summed E-state index contributed by atoms with van der Waals surface area (Å²) in [4.78, 5) is 12.5. The lowest BCUT2D eigenvalue weighted by Gasteiger charge is -2.11. The Hall–Kier alpha value is -2.89. The number of benzene rings is 1. The predicted molar refractivity (Wildman–Crippen MR) is 98.7 cm³/mol. The van der Waals surface area contributed by atoms with E-state index < -0.39 is 0 Å². The Balaban J connectivity index is 1.40. The average Bonchev–Trinajstić information content (AvgIpc) is 3.41. The van der Waals surface area contributed by atoms with Crippen molar-refractivity contribution in [3.63, 3.8) is 0 Å². The minimum Gasteiger partial charge on any atom is -0.347 e. The Kier molecular flexibility index (Phi) is 4.82. The van der Waals surface area contributed by atoms with Crippen molar-refractivity contribution in [3.8, 4) is 0 Å². The van der Waals surface area contributed by atoms with Crippen molar-refractivity contribution in [2.75, 3.05) is 0 Å². The van der Waals surface area contributed by atoms with E-state index in [4.69, 9.17) is 0 Å². The van der Waals surface area contributed by atoms with Gasteiger partial charge in [0, 0.05) is 25.1 Å². The first-order valence-corrected chi connectivity index (χ1v) is 9.17. The van der Waals surface area contributed by atoms with Crippen LogP contribution in [-0.4, -0.2) is 25.5 Å². The fourth-order valence-electron chi connectivity index (χ4n) is 3.55. The molecule has 1 saturated carbocycles. The highest BCUT2D eigenvalue weighted by molar-refractivity contribution is 5.92. The van der Waals surface area contributed by atoms with E-state index in [0.29, 0.717) is 24.8 Å². The lowest BCUT2D eigenvalue weighted by molar-refractivity contribution is 0.0944. The molecular weight excluding hydrogens is 326 g/mol. The molecule has 2 aromatic heterocycles. The molecule has 6 heteroatoms. The molecule has 0 spiro atoms. The van der Waals surface area contributed by atoms with E-state index in [1.807, 2.05) is 52.1 Å². The van der Waals surface area contributed by atoms with Crippen molar-refractivity contribution in [1.82, 2.24) is 24.9 Å². The van der Waals surface area contributed by atoms with Crippen LogP contribution in [0, 0.1) is 0 Å². The van der Waals surface area contributed by atoms with Crippen LogP contribution >= 0.6 is 0 Å². The Labute approximate surface area is 152 Å². The molecule has 0 saturated heterocycles. The normalized spacial score (nSPS) is 14.6. The maximum atomic E-state index is 12.5. The number of hydrogen-bond donors (Lipinski definition) is 1. The molecule has 0 atom stereocenters. The SMILES string of the molecule is O=C(NCc1ccccc1Cn1cccn1)c1ccn(C2CCCC2)n1. The number of amides is 1. The lowest BCUT2D eigenvalue weighted by Crippen LogP contribution is -2.24. The number of carbonyl (C=O) groups is 1. The van der Waals surface area contributed by atoms with Gasteiger partial charge in [-0.2, -0.15) is 10.2 Å². The molecule has 0 bridgehead atoms. The summed E-state index contributed by atoms with van der Waals surface area (Å²) >= 11 is 0. The summed E-state index contributed by atoms with van der Waals surface area (Å²) in [5.74, 6) is -0.129. The van der Waals surface area contributed by atoms with Gasteiger partial charge in [-0.05, 0) is 36.1 Å². The monoisotopic (exact) mass is 349 g/mol. The molecule has 2 heterocycles. The summed E-state index contributed by atoms with van der Waals surface area (Å²) in [5.41, 5.74) is 2.72. The molecule has 4 rings (SSSR count). The summed E-state index contributed by atoms with van der Waals surface area (Å²) in [6, 6.07) is 12.3. The van der Waals surface area contributed by atoms with Crippen LogP contribution in [0.5, 0.6) is 0 Å². The largest absolute Gasteiger partial charge is 0.347 e. The van der Waals surface area contributed by atoms with Gasteiger partial charge >= 0.3 is 0 Å². The van der Waals surface area contributed by atoms with Gasteiger partial charge in [-0.3, -0.25) is 14.2 Å². The molecule has 6 nitrogen and oxygen atoms in total. The maximum Gasteiger partial charge on any atom is 0.272 e. The highest BCUT2D eigenvalue weighted by Gasteiger charge is 2.19. The summed E-state index contributed by atoms with van der Waals surface area (Å²) in [7, 11) is 0. The second-order valence-corrected chi connectivity index (χ2v) is 6.77. The molecule has 26 heavy (non-hydrogen) atoms. The fourth-order valence-corrected chi connectivity index (χ4v) is 3.55. The molecular formula is C20H23N5O. The summed E-state index contributed by atoms with van der Waals surface area (Å²) in [6.45, 7) is 1.17. The van der Waals surface area contributed by atoms with Gasteiger partial charge in [0.1, 0.15) is 5.69 Å². The standard InChI is InChI=1S/C20H23N5O/c26-20(19-10-13-25(23-19)18-8-3-4-9-18)21-14-16-6-1-2-7-17(16)15-24-12-5-11-22-24/h1-2,5-7,10-13,18H,3-4,8-9,14-15H2,(H,21,26). The van der Waals surface area contributed by atoms with Crippen LogP contribution in [0.3, 0.4) is 0 Å². The van der Waals surface area contributed by atoms with Crippen molar-refractivity contribution >= 4 is 5.91 Å². The minimum absolute atomic E-state index is 0.129. The smallest absolute Gasteiger partial charge is 0.272 e. The second kappa shape index (κ2) is 7.56. The highest BCUT2D eigenvalue weighted by Crippen LogP contribution is 2.28. The Morgan fingerprint density at radius 1 is 1.08 bits per heavy atom. The first kappa shape index (κ1) is 16.6. The van der Waals surface area contributed by atoms with E-state index >= 15 is 0 Å². The molecule has 1 fully saturated rings. The molecule has 1 aliphatic carbocycles. The number of carbonyl (C=O) groups excluding carboxylic acids is 1. The van der Waals surface area contributed by atoms with Gasteiger partial charge in [-0.25, -0.2) is 0 Å². The molecule has 134 valence electrons. The molecule has 1 N–H and O–H groups in total. The minimum atomic E-state index is -0.129. The molecule has 3 aromatic rings. The van der Waals surface area contributed by atoms with E-state index in [1.54, 1.807) is 6.20 Å². The van der Waals surface area contributed by atoms with Crippen molar-refractivity contribution in [1.29, 1.82) is 0 Å². The third-order valence-corrected chi connectivity index (χ3v) is 4.99. The van der Waals surface area contributed by atoms with Gasteiger partial charge in [0.25, 0.3) is 5.91 Å². The third-order valence-electron chi connectivity index (χ3n) is 4.99. The van der Waals surface area contributed by atoms with Crippen molar-refractivity contribution in [3.05, 3.63) is 71.8 Å². The number of aromatic nitrogens is 4. The summed E-state index contributed by atoms with van der Waals surface area (Å²) in [5, 5.41) is 11.7. The number of nitrogens with one attached hydrogen (secondary N) is 1. The number of rotatable bonds is 6. The van der Waals surface area contributed by atoms with Crippen molar-refractivity contribution in [2.45, 2.75) is 44.8 Å². The van der Waals surface area contributed by atoms with E-state index in [9.17, 15) is 4.79 Å². The fraction of sp³-hybridized carbons (Fsp3) is 0.350. The van der Waals surface area contributed by atoms with Gasteiger partial charge in [0.2, 0.25) is 0 Å². The second-order valence-electron chi connectivity index (χ2n) is 6.77. The Bertz CT molecular complexity index is 862. The highest BCUT2D eigenvalue weighted by atomic mass is 16.1. The van der Waals surface area contributed by atoms with Crippen LogP contribution in [0.25, 0.3) is 0 Å². The quantitative estimate of drug-likeness (QED) is 0.743. The Morgan fingerprint density at radius 3 is 2.65 bits per heavy atom. The first-order valence-electron chi connectivity index (χ1n) is 9.17. The predicted octanol–water partition coefficient (Wildman–Crippen LogP) is 3.17. The Morgan fingerprint density at radius 2 is 1.88 bits per heavy atom. The molecule has 1 aliphatic rings. The molecule has 0 aliphatic heterocycles. The van der Waals surface area contributed by atoms with Crippen LogP contribution in [-0.2, 0) is 13.1 Å². The van der Waals surface area contributed by atoms with Gasteiger partial charge in [-0.1, -0.05) is 37.1 Å². The molecule has 0 radical (unpaired) electrons. The van der Waals surface area contributed by atoms with Crippen LogP contribution in [0.2, 0.25) is 0 Å². The van der Waals surface area contributed by atoms with Crippen LogP contribution < -0.4 is 5.32 Å². The van der Waals surface area contributed by atoms with Crippen LogP contribution in [0.15, 0.2) is 55.0 Å². The zero-order valence-corrected chi connectivity index (χ0v) is 14.7.